The van der Waals surface area contributed by atoms with E-state index in [4.69, 9.17) is 21.1 Å². The van der Waals surface area contributed by atoms with Gasteiger partial charge in [0.1, 0.15) is 5.75 Å². The van der Waals surface area contributed by atoms with Gasteiger partial charge in [-0.3, -0.25) is 0 Å². The molecule has 1 aliphatic carbocycles. The molecule has 2 atom stereocenters. The summed E-state index contributed by atoms with van der Waals surface area (Å²) in [6.45, 7) is 2.51. The van der Waals surface area contributed by atoms with Crippen molar-refractivity contribution in [2.45, 2.75) is 44.8 Å². The minimum absolute atomic E-state index is 0.0832. The van der Waals surface area contributed by atoms with E-state index < -0.39 is 6.10 Å². The second-order valence-corrected chi connectivity index (χ2v) is 7.73. The maximum absolute atomic E-state index is 11.5. The van der Waals surface area contributed by atoms with Gasteiger partial charge >= 0.3 is 5.97 Å². The second-order valence-electron chi connectivity index (χ2n) is 7.30. The molecular weight excluding hydrogens is 390 g/mol. The Hall–Kier alpha value is -2.08. The highest BCUT2D eigenvalue weighted by Crippen LogP contribution is 2.26. The van der Waals surface area contributed by atoms with Gasteiger partial charge in [0.25, 0.3) is 0 Å². The first-order valence-corrected chi connectivity index (χ1v) is 10.5. The van der Waals surface area contributed by atoms with Gasteiger partial charge in [-0.2, -0.15) is 0 Å². The van der Waals surface area contributed by atoms with Crippen LogP contribution in [0.2, 0.25) is 5.02 Å². The Morgan fingerprint density at radius 1 is 1.28 bits per heavy atom. The Labute approximate surface area is 177 Å². The van der Waals surface area contributed by atoms with E-state index in [9.17, 15) is 9.90 Å². The van der Waals surface area contributed by atoms with Crippen LogP contribution in [0.3, 0.4) is 0 Å². The molecule has 0 heterocycles. The number of aliphatic hydroxyl groups excluding tert-OH is 1. The number of carbonyl (C=O) groups is 1. The Kier molecular flexibility index (Phi) is 7.92. The number of esters is 1. The van der Waals surface area contributed by atoms with Crippen LogP contribution < -0.4 is 10.1 Å². The molecule has 156 valence electrons. The first-order valence-electron chi connectivity index (χ1n) is 10.1. The van der Waals surface area contributed by atoms with Gasteiger partial charge in [-0.25, -0.2) is 4.79 Å². The lowest BCUT2D eigenvalue weighted by Crippen LogP contribution is -2.34. The average molecular weight is 418 g/mol. The number of fused-ring (bicyclic) bond motifs is 1. The SMILES string of the molecule is CCOC(=O)COc1ccc2c(c1)CC(NCC(O)c1cccc(Cl)c1)CCC2. The quantitative estimate of drug-likeness (QED) is 0.504. The minimum atomic E-state index is -0.601. The molecule has 5 nitrogen and oxygen atoms in total. The standard InChI is InChI=1S/C23H28ClNO4/c1-2-28-23(27)15-29-21-10-9-16-5-4-8-20(12-18(16)13-21)25-14-22(26)17-6-3-7-19(24)11-17/h3,6-7,9-11,13,20,22,25-26H,2,4-5,8,12,14-15H2,1H3. The first kappa shape index (κ1) is 21.6. The maximum atomic E-state index is 11.5. The van der Waals surface area contributed by atoms with E-state index in [0.29, 0.717) is 23.9 Å². The van der Waals surface area contributed by atoms with Gasteiger partial charge in [-0.15, -0.1) is 0 Å². The van der Waals surface area contributed by atoms with Gasteiger partial charge in [0.2, 0.25) is 0 Å². The molecule has 0 saturated carbocycles. The molecule has 0 aliphatic heterocycles. The monoisotopic (exact) mass is 417 g/mol. The summed E-state index contributed by atoms with van der Waals surface area (Å²) in [5, 5.41) is 14.6. The smallest absolute Gasteiger partial charge is 0.344 e. The Morgan fingerprint density at radius 2 is 2.14 bits per heavy atom. The molecule has 0 fully saturated rings. The van der Waals surface area contributed by atoms with Crippen LogP contribution in [0.4, 0.5) is 0 Å². The van der Waals surface area contributed by atoms with Crippen molar-refractivity contribution in [1.29, 1.82) is 0 Å². The van der Waals surface area contributed by atoms with Crippen molar-refractivity contribution in [2.75, 3.05) is 19.8 Å². The topological polar surface area (TPSA) is 67.8 Å². The Morgan fingerprint density at radius 3 is 2.93 bits per heavy atom. The van der Waals surface area contributed by atoms with Crippen molar-refractivity contribution in [3.05, 3.63) is 64.2 Å². The molecule has 29 heavy (non-hydrogen) atoms. The van der Waals surface area contributed by atoms with Crippen molar-refractivity contribution in [2.24, 2.45) is 0 Å². The fraction of sp³-hybridized carbons (Fsp3) is 0.435. The van der Waals surface area contributed by atoms with Crippen LogP contribution in [0.15, 0.2) is 42.5 Å². The first-order chi connectivity index (χ1) is 14.0. The fourth-order valence-electron chi connectivity index (χ4n) is 3.66. The molecule has 0 radical (unpaired) electrons. The predicted octanol–water partition coefficient (Wildman–Crippen LogP) is 3.85. The molecule has 6 heteroatoms. The molecule has 0 amide bonds. The van der Waals surface area contributed by atoms with Gasteiger partial charge < -0.3 is 19.9 Å². The van der Waals surface area contributed by atoms with Gasteiger partial charge in [-0.05, 0) is 73.6 Å². The Balaban J connectivity index is 1.58. The average Bonchev–Trinajstić information content (AvgIpc) is 2.92. The summed E-state index contributed by atoms with van der Waals surface area (Å²) in [7, 11) is 0. The van der Waals surface area contributed by atoms with Crippen molar-refractivity contribution in [3.8, 4) is 5.75 Å². The molecule has 2 aromatic rings. The molecule has 0 aromatic heterocycles. The highest BCUT2D eigenvalue weighted by Gasteiger charge is 2.19. The number of benzene rings is 2. The van der Waals surface area contributed by atoms with Gasteiger partial charge in [-0.1, -0.05) is 29.8 Å². The number of halogens is 1. The molecule has 0 saturated heterocycles. The van der Waals surface area contributed by atoms with Gasteiger partial charge in [0.05, 0.1) is 12.7 Å². The number of ether oxygens (including phenoxy) is 2. The van der Waals surface area contributed by atoms with Crippen molar-refractivity contribution in [1.82, 2.24) is 5.32 Å². The van der Waals surface area contributed by atoms with E-state index in [2.05, 4.69) is 11.4 Å². The second kappa shape index (κ2) is 10.6. The zero-order valence-corrected chi connectivity index (χ0v) is 17.5. The summed E-state index contributed by atoms with van der Waals surface area (Å²) >= 11 is 6.02. The summed E-state index contributed by atoms with van der Waals surface area (Å²) in [5.41, 5.74) is 3.35. The highest BCUT2D eigenvalue weighted by atomic mass is 35.5. The van der Waals surface area contributed by atoms with Crippen molar-refractivity contribution in [3.63, 3.8) is 0 Å². The van der Waals surface area contributed by atoms with Crippen LogP contribution in [0.5, 0.6) is 5.75 Å². The van der Waals surface area contributed by atoms with Crippen molar-refractivity contribution >= 4 is 17.6 Å². The van der Waals surface area contributed by atoms with Crippen LogP contribution in [-0.4, -0.2) is 36.9 Å². The number of hydrogen-bond acceptors (Lipinski definition) is 5. The third-order valence-electron chi connectivity index (χ3n) is 5.14. The molecule has 3 rings (SSSR count). The minimum Gasteiger partial charge on any atom is -0.482 e. The third-order valence-corrected chi connectivity index (χ3v) is 5.37. The van der Waals surface area contributed by atoms with Gasteiger partial charge in [0, 0.05) is 17.6 Å². The van der Waals surface area contributed by atoms with Crippen LogP contribution in [0.25, 0.3) is 0 Å². The maximum Gasteiger partial charge on any atom is 0.344 e. The van der Waals surface area contributed by atoms with Crippen LogP contribution in [-0.2, 0) is 22.4 Å². The lowest BCUT2D eigenvalue weighted by atomic mass is 10.0. The van der Waals surface area contributed by atoms with Crippen LogP contribution in [0.1, 0.15) is 42.6 Å². The van der Waals surface area contributed by atoms with Crippen LogP contribution in [0, 0.1) is 0 Å². The molecule has 2 unspecified atom stereocenters. The largest absolute Gasteiger partial charge is 0.482 e. The zero-order valence-electron chi connectivity index (χ0n) is 16.7. The molecule has 2 aromatic carbocycles. The van der Waals surface area contributed by atoms with E-state index in [1.54, 1.807) is 19.1 Å². The number of rotatable bonds is 8. The summed E-state index contributed by atoms with van der Waals surface area (Å²) < 4.78 is 10.5. The lowest BCUT2D eigenvalue weighted by molar-refractivity contribution is -0.145. The molecule has 1 aliphatic rings. The van der Waals surface area contributed by atoms with E-state index in [0.717, 1.165) is 31.2 Å². The van der Waals surface area contributed by atoms with Gasteiger partial charge in [0.15, 0.2) is 6.61 Å². The molecule has 0 spiro atoms. The number of nitrogens with one attached hydrogen (secondary N) is 1. The van der Waals surface area contributed by atoms with E-state index >= 15 is 0 Å². The zero-order chi connectivity index (χ0) is 20.6. The number of carbonyl (C=O) groups excluding carboxylic acids is 1. The summed E-state index contributed by atoms with van der Waals surface area (Å²) in [6, 6.07) is 13.6. The third kappa shape index (κ3) is 6.46. The molecular formula is C23H28ClNO4. The number of hydrogen-bond donors (Lipinski definition) is 2. The Bertz CT molecular complexity index is 826. The van der Waals surface area contributed by atoms with E-state index in [1.165, 1.54) is 11.1 Å². The van der Waals surface area contributed by atoms with Crippen molar-refractivity contribution < 1.29 is 19.4 Å². The summed E-state index contributed by atoms with van der Waals surface area (Å²) in [5.74, 6) is 0.313. The van der Waals surface area contributed by atoms with Crippen LogP contribution >= 0.6 is 11.6 Å². The summed E-state index contributed by atoms with van der Waals surface area (Å²) in [6.07, 6.45) is 3.39. The number of aliphatic hydroxyl groups is 1. The highest BCUT2D eigenvalue weighted by molar-refractivity contribution is 6.30. The predicted molar refractivity (Wildman–Crippen MR) is 113 cm³/mol. The lowest BCUT2D eigenvalue weighted by Gasteiger charge is -2.20. The fourth-order valence-corrected chi connectivity index (χ4v) is 3.86. The molecule has 2 N–H and O–H groups in total. The normalized spacial score (nSPS) is 17.1. The number of aryl methyl sites for hydroxylation is 1. The van der Waals surface area contributed by atoms with E-state index in [1.807, 2.05) is 24.3 Å². The van der Waals surface area contributed by atoms with E-state index in [-0.39, 0.29) is 18.6 Å². The molecule has 0 bridgehead atoms. The summed E-state index contributed by atoms with van der Waals surface area (Å²) in [4.78, 5) is 11.5.